The number of hydrogen-bond donors (Lipinski definition) is 2. The van der Waals surface area contributed by atoms with Crippen molar-refractivity contribution < 1.29 is 14.4 Å². The maximum absolute atomic E-state index is 12.8. The minimum Gasteiger partial charge on any atom is -0.345 e. The molecule has 9 heteroatoms. The van der Waals surface area contributed by atoms with Crippen LogP contribution in [0.15, 0.2) is 35.5 Å². The van der Waals surface area contributed by atoms with Crippen molar-refractivity contribution in [3.05, 3.63) is 42.0 Å². The number of thioether (sulfide) groups is 1. The van der Waals surface area contributed by atoms with Crippen molar-refractivity contribution in [2.24, 2.45) is 0 Å². The topological polar surface area (TPSA) is 106 Å². The number of carbonyl (C=O) groups excluding carboxylic acids is 3. The highest BCUT2D eigenvalue weighted by Gasteiger charge is 2.32. The van der Waals surface area contributed by atoms with Gasteiger partial charge >= 0.3 is 0 Å². The van der Waals surface area contributed by atoms with Gasteiger partial charge in [0.2, 0.25) is 11.8 Å². The highest BCUT2D eigenvalue weighted by Crippen LogP contribution is 2.31. The van der Waals surface area contributed by atoms with E-state index >= 15 is 0 Å². The molecule has 1 aliphatic carbocycles. The summed E-state index contributed by atoms with van der Waals surface area (Å²) in [5.74, 6) is -0.0838. The molecule has 2 fully saturated rings. The van der Waals surface area contributed by atoms with Gasteiger partial charge in [0.1, 0.15) is 6.33 Å². The quantitative estimate of drug-likeness (QED) is 0.704. The van der Waals surface area contributed by atoms with E-state index in [0.717, 1.165) is 18.7 Å². The van der Waals surface area contributed by atoms with Gasteiger partial charge in [-0.15, -0.1) is 22.0 Å². The second kappa shape index (κ2) is 8.77. The van der Waals surface area contributed by atoms with E-state index in [4.69, 9.17) is 0 Å². The zero-order chi connectivity index (χ0) is 20.2. The summed E-state index contributed by atoms with van der Waals surface area (Å²) in [6.45, 7) is 0.288. The van der Waals surface area contributed by atoms with Crippen LogP contribution in [0.1, 0.15) is 60.7 Å². The molecule has 2 aliphatic rings. The summed E-state index contributed by atoms with van der Waals surface area (Å²) < 4.78 is 2.08. The molecule has 1 aromatic heterocycles. The molecule has 2 aromatic rings. The summed E-state index contributed by atoms with van der Waals surface area (Å²) in [5.41, 5.74) is 0.480. The lowest BCUT2D eigenvalue weighted by molar-refractivity contribution is -0.124. The highest BCUT2D eigenvalue weighted by atomic mass is 32.2. The van der Waals surface area contributed by atoms with Crippen LogP contribution in [0.3, 0.4) is 0 Å². The van der Waals surface area contributed by atoms with E-state index in [2.05, 4.69) is 25.4 Å². The Morgan fingerprint density at radius 2 is 2.00 bits per heavy atom. The van der Waals surface area contributed by atoms with E-state index in [1.54, 1.807) is 24.5 Å². The molecular weight excluding hydrogens is 390 g/mol. The number of carbonyl (C=O) groups is 3. The van der Waals surface area contributed by atoms with Crippen molar-refractivity contribution in [2.75, 3.05) is 0 Å². The molecule has 0 spiro atoms. The Hall–Kier alpha value is -2.68. The monoisotopic (exact) mass is 413 g/mol. The predicted molar refractivity (Wildman–Crippen MR) is 107 cm³/mol. The van der Waals surface area contributed by atoms with Crippen LogP contribution in [0.4, 0.5) is 0 Å². The molecule has 1 saturated heterocycles. The lowest BCUT2D eigenvalue weighted by Gasteiger charge is -2.24. The summed E-state index contributed by atoms with van der Waals surface area (Å²) >= 11 is 1.24. The van der Waals surface area contributed by atoms with Crippen LogP contribution in [0.5, 0.6) is 0 Å². The highest BCUT2D eigenvalue weighted by molar-refractivity contribution is 8.00. The summed E-state index contributed by atoms with van der Waals surface area (Å²) in [4.78, 5) is 36.8. The first-order valence-electron chi connectivity index (χ1n) is 9.88. The fourth-order valence-corrected chi connectivity index (χ4v) is 5.00. The Kier molecular flexibility index (Phi) is 5.94. The number of benzene rings is 1. The number of nitrogens with zero attached hydrogens (tertiary/aromatic N) is 3. The Bertz CT molecular complexity index is 922. The number of amides is 3. The number of rotatable bonds is 6. The minimum atomic E-state index is -0.508. The third-order valence-electron chi connectivity index (χ3n) is 5.35. The van der Waals surface area contributed by atoms with Crippen molar-refractivity contribution in [3.8, 4) is 0 Å². The molecule has 1 saturated carbocycles. The smallest absolute Gasteiger partial charge is 0.252 e. The van der Waals surface area contributed by atoms with E-state index in [-0.39, 0.29) is 30.7 Å². The third kappa shape index (κ3) is 4.50. The summed E-state index contributed by atoms with van der Waals surface area (Å²) in [6, 6.07) is 7.50. The fraction of sp³-hybridized carbons (Fsp3) is 0.450. The number of nitrogens with one attached hydrogen (secondary N) is 2. The number of aromatic nitrogens is 3. The standard InChI is InChI=1S/C20H23N5O3S/c26-18-10-16(20(28)23-18)29-15-9-5-4-8-14(15)19(27)21-11-17-24-22-12-25(17)13-6-2-1-3-7-13/h4-5,8-9,12-13,16H,1-3,6-7,10-11H2,(H,21,27)(H,23,26,28). The van der Waals surface area contributed by atoms with Crippen molar-refractivity contribution in [3.63, 3.8) is 0 Å². The zero-order valence-corrected chi connectivity index (χ0v) is 16.8. The molecule has 2 heterocycles. The van der Waals surface area contributed by atoms with Crippen molar-refractivity contribution in [1.82, 2.24) is 25.4 Å². The van der Waals surface area contributed by atoms with Gasteiger partial charge < -0.3 is 9.88 Å². The Morgan fingerprint density at radius 3 is 2.76 bits per heavy atom. The van der Waals surface area contributed by atoms with E-state index in [0.29, 0.717) is 16.5 Å². The Labute approximate surface area is 172 Å². The van der Waals surface area contributed by atoms with Crippen LogP contribution < -0.4 is 10.6 Å². The first kappa shape index (κ1) is 19.6. The molecule has 152 valence electrons. The Balaban J connectivity index is 1.43. The second-order valence-corrected chi connectivity index (χ2v) is 8.59. The summed E-state index contributed by atoms with van der Waals surface area (Å²) in [7, 11) is 0. The first-order chi connectivity index (χ1) is 14.1. The molecule has 1 aliphatic heterocycles. The first-order valence-corrected chi connectivity index (χ1v) is 10.8. The Morgan fingerprint density at radius 1 is 1.21 bits per heavy atom. The van der Waals surface area contributed by atoms with Crippen LogP contribution in [0, 0.1) is 0 Å². The van der Waals surface area contributed by atoms with Crippen molar-refractivity contribution in [2.45, 2.75) is 61.3 Å². The summed E-state index contributed by atoms with van der Waals surface area (Å²) in [5, 5.41) is 12.9. The van der Waals surface area contributed by atoms with Gasteiger partial charge in [-0.2, -0.15) is 0 Å². The van der Waals surface area contributed by atoms with Gasteiger partial charge in [-0.1, -0.05) is 31.4 Å². The minimum absolute atomic E-state index is 0.129. The number of hydrogen-bond acceptors (Lipinski definition) is 6. The van der Waals surface area contributed by atoms with Crippen LogP contribution in [0.25, 0.3) is 0 Å². The van der Waals surface area contributed by atoms with E-state index in [1.807, 2.05) is 6.07 Å². The third-order valence-corrected chi connectivity index (χ3v) is 6.62. The molecule has 29 heavy (non-hydrogen) atoms. The van der Waals surface area contributed by atoms with Crippen LogP contribution in [-0.2, 0) is 16.1 Å². The SMILES string of the molecule is O=C1CC(Sc2ccccc2C(=O)NCc2nncn2C2CCCCC2)C(=O)N1. The van der Waals surface area contributed by atoms with E-state index < -0.39 is 5.25 Å². The predicted octanol–water partition coefficient (Wildman–Crippen LogP) is 2.22. The fourth-order valence-electron chi connectivity index (χ4n) is 3.85. The second-order valence-electron chi connectivity index (χ2n) is 7.35. The largest absolute Gasteiger partial charge is 0.345 e. The maximum atomic E-state index is 12.8. The lowest BCUT2D eigenvalue weighted by Crippen LogP contribution is -2.27. The van der Waals surface area contributed by atoms with Gasteiger partial charge in [0, 0.05) is 17.4 Å². The molecule has 0 radical (unpaired) electrons. The molecule has 1 atom stereocenters. The van der Waals surface area contributed by atoms with Crippen LogP contribution >= 0.6 is 11.8 Å². The molecule has 8 nitrogen and oxygen atoms in total. The molecule has 1 unspecified atom stereocenters. The van der Waals surface area contributed by atoms with Crippen LogP contribution in [-0.4, -0.2) is 37.7 Å². The average Bonchev–Trinajstić information content (AvgIpc) is 3.33. The molecule has 4 rings (SSSR count). The maximum Gasteiger partial charge on any atom is 0.252 e. The van der Waals surface area contributed by atoms with Crippen molar-refractivity contribution >= 4 is 29.5 Å². The molecular formula is C20H23N5O3S. The lowest BCUT2D eigenvalue weighted by atomic mass is 9.95. The molecule has 3 amide bonds. The van der Waals surface area contributed by atoms with Gasteiger partial charge in [0.15, 0.2) is 5.82 Å². The van der Waals surface area contributed by atoms with Gasteiger partial charge in [-0.25, -0.2) is 0 Å². The summed E-state index contributed by atoms with van der Waals surface area (Å²) in [6.07, 6.45) is 7.78. The molecule has 2 N–H and O–H groups in total. The van der Waals surface area contributed by atoms with E-state index in [1.165, 1.54) is 31.0 Å². The van der Waals surface area contributed by atoms with Crippen molar-refractivity contribution in [1.29, 1.82) is 0 Å². The number of imide groups is 1. The normalized spacial score (nSPS) is 19.9. The van der Waals surface area contributed by atoms with E-state index in [9.17, 15) is 14.4 Å². The molecule has 1 aromatic carbocycles. The molecule has 0 bridgehead atoms. The average molecular weight is 414 g/mol. The van der Waals surface area contributed by atoms with Gasteiger partial charge in [0.05, 0.1) is 17.4 Å². The van der Waals surface area contributed by atoms with Crippen LogP contribution in [0.2, 0.25) is 0 Å². The van der Waals surface area contributed by atoms with Gasteiger partial charge in [0.25, 0.3) is 5.91 Å². The van der Waals surface area contributed by atoms with Gasteiger partial charge in [-0.3, -0.25) is 19.7 Å². The van der Waals surface area contributed by atoms with Gasteiger partial charge in [-0.05, 0) is 25.0 Å². The zero-order valence-electron chi connectivity index (χ0n) is 16.0.